The van der Waals surface area contributed by atoms with Crippen molar-refractivity contribution in [2.24, 2.45) is 0 Å². The fourth-order valence-electron chi connectivity index (χ4n) is 4.12. The van der Waals surface area contributed by atoms with Crippen molar-refractivity contribution in [3.8, 4) is 11.5 Å². The third-order valence-electron chi connectivity index (χ3n) is 5.72. The van der Waals surface area contributed by atoms with Gasteiger partial charge in [-0.25, -0.2) is 4.79 Å². The lowest BCUT2D eigenvalue weighted by Crippen LogP contribution is -2.45. The Kier molecular flexibility index (Phi) is 7.51. The number of amides is 2. The smallest absolute Gasteiger partial charge is 0.414 e. The Morgan fingerprint density at radius 2 is 1.84 bits per heavy atom. The number of aryl methyl sites for hydroxylation is 1. The Morgan fingerprint density at radius 3 is 2.50 bits per heavy atom. The Hall–Kier alpha value is -2.93. The lowest BCUT2D eigenvalue weighted by molar-refractivity contribution is 0.0948. The van der Waals surface area contributed by atoms with E-state index in [2.05, 4.69) is 5.32 Å². The zero-order valence-electron chi connectivity index (χ0n) is 19.0. The number of nitrogens with one attached hydrogen (secondary N) is 1. The molecule has 3 rings (SSSR count). The number of hydrogen-bond acceptors (Lipinski definition) is 5. The maximum Gasteiger partial charge on any atom is 0.414 e. The summed E-state index contributed by atoms with van der Waals surface area (Å²) in [5, 5.41) is 3.54. The molecule has 1 aliphatic rings. The zero-order chi connectivity index (χ0) is 23.4. The fourth-order valence-corrected chi connectivity index (χ4v) is 4.29. The summed E-state index contributed by atoms with van der Waals surface area (Å²) in [6.45, 7) is 6.29. The highest BCUT2D eigenvalue weighted by molar-refractivity contribution is 6.31. The minimum absolute atomic E-state index is 0.0334. The van der Waals surface area contributed by atoms with Crippen molar-refractivity contribution in [2.75, 3.05) is 32.3 Å². The van der Waals surface area contributed by atoms with Crippen molar-refractivity contribution in [1.29, 1.82) is 0 Å². The Morgan fingerprint density at radius 1 is 1.16 bits per heavy atom. The number of methoxy groups -OCH3 is 2. The van der Waals surface area contributed by atoms with Gasteiger partial charge in [0.2, 0.25) is 0 Å². The van der Waals surface area contributed by atoms with Crippen molar-refractivity contribution < 1.29 is 23.8 Å². The highest BCUT2D eigenvalue weighted by Gasteiger charge is 2.36. The number of benzene rings is 2. The molecule has 2 atom stereocenters. The van der Waals surface area contributed by atoms with Crippen molar-refractivity contribution in [1.82, 2.24) is 5.32 Å². The first kappa shape index (κ1) is 23.7. The van der Waals surface area contributed by atoms with Crippen molar-refractivity contribution >= 4 is 29.3 Å². The largest absolute Gasteiger partial charge is 0.493 e. The normalized spacial score (nSPS) is 17.4. The number of carbonyl (C=O) groups excluding carboxylic acids is 2. The third kappa shape index (κ3) is 4.78. The summed E-state index contributed by atoms with van der Waals surface area (Å²) in [7, 11) is 3.12. The highest BCUT2D eigenvalue weighted by atomic mass is 35.5. The maximum absolute atomic E-state index is 12.8. The van der Waals surface area contributed by atoms with E-state index in [1.807, 2.05) is 26.0 Å². The molecule has 8 heteroatoms. The topological polar surface area (TPSA) is 77.1 Å². The monoisotopic (exact) mass is 460 g/mol. The van der Waals surface area contributed by atoms with E-state index in [9.17, 15) is 9.59 Å². The number of halogens is 1. The summed E-state index contributed by atoms with van der Waals surface area (Å²) in [4.78, 5) is 27.2. The van der Waals surface area contributed by atoms with Crippen molar-refractivity contribution in [2.45, 2.75) is 39.2 Å². The number of anilines is 1. The van der Waals surface area contributed by atoms with E-state index in [1.54, 1.807) is 44.2 Å². The second-order valence-corrected chi connectivity index (χ2v) is 8.22. The summed E-state index contributed by atoms with van der Waals surface area (Å²) < 4.78 is 16.2. The third-order valence-corrected chi connectivity index (χ3v) is 5.95. The molecule has 2 aromatic rings. The van der Waals surface area contributed by atoms with Gasteiger partial charge in [0.25, 0.3) is 5.91 Å². The maximum atomic E-state index is 12.8. The minimum atomic E-state index is -0.412. The van der Waals surface area contributed by atoms with E-state index in [0.717, 1.165) is 11.1 Å². The van der Waals surface area contributed by atoms with Crippen LogP contribution in [0.25, 0.3) is 0 Å². The van der Waals surface area contributed by atoms with Gasteiger partial charge < -0.3 is 19.5 Å². The van der Waals surface area contributed by atoms with Gasteiger partial charge >= 0.3 is 6.09 Å². The number of ether oxygens (including phenoxy) is 3. The van der Waals surface area contributed by atoms with E-state index in [4.69, 9.17) is 25.8 Å². The van der Waals surface area contributed by atoms with Gasteiger partial charge in [0, 0.05) is 35.2 Å². The molecule has 0 bridgehead atoms. The average Bonchev–Trinajstić information content (AvgIpc) is 2.77. The molecule has 2 amide bonds. The molecule has 1 aliphatic heterocycles. The molecule has 0 saturated heterocycles. The lowest BCUT2D eigenvalue weighted by Gasteiger charge is -2.39. The van der Waals surface area contributed by atoms with Crippen LogP contribution in [0.2, 0.25) is 5.02 Å². The van der Waals surface area contributed by atoms with Crippen LogP contribution in [-0.4, -0.2) is 45.4 Å². The van der Waals surface area contributed by atoms with E-state index in [0.29, 0.717) is 40.7 Å². The highest BCUT2D eigenvalue weighted by Crippen LogP contribution is 2.44. The van der Waals surface area contributed by atoms with Crippen LogP contribution < -0.4 is 19.7 Å². The van der Waals surface area contributed by atoms with E-state index in [1.165, 1.54) is 0 Å². The average molecular weight is 461 g/mol. The van der Waals surface area contributed by atoms with Crippen LogP contribution in [0.5, 0.6) is 11.5 Å². The van der Waals surface area contributed by atoms with Gasteiger partial charge in [-0.05, 0) is 56.5 Å². The molecule has 0 spiro atoms. The first-order chi connectivity index (χ1) is 15.3. The van der Waals surface area contributed by atoms with Crippen molar-refractivity contribution in [3.05, 3.63) is 52.0 Å². The molecule has 0 fully saturated rings. The molecule has 1 N–H and O–H groups in total. The van der Waals surface area contributed by atoms with Gasteiger partial charge in [-0.2, -0.15) is 0 Å². The van der Waals surface area contributed by atoms with Gasteiger partial charge in [-0.1, -0.05) is 17.7 Å². The SMILES string of the molecule is CCOC(=O)N1c2cc(OC)c(OC)cc2C(CNC(=O)c2cc(Cl)ccc2C)CC1C. The second-order valence-electron chi connectivity index (χ2n) is 7.79. The molecular weight excluding hydrogens is 432 g/mol. The summed E-state index contributed by atoms with van der Waals surface area (Å²) >= 11 is 6.07. The van der Waals surface area contributed by atoms with Crippen LogP contribution in [0.4, 0.5) is 10.5 Å². The molecular formula is C24H29ClN2O5. The molecule has 0 aromatic heterocycles. The van der Waals surface area contributed by atoms with E-state index in [-0.39, 0.29) is 24.5 Å². The molecule has 2 aromatic carbocycles. The van der Waals surface area contributed by atoms with Crippen LogP contribution in [0.1, 0.15) is 47.7 Å². The summed E-state index contributed by atoms with van der Waals surface area (Å²) in [6.07, 6.45) is 0.237. The standard InChI is InChI=1S/C24H29ClN2O5/c1-6-32-24(29)27-15(3)9-16(19-11-21(30-4)22(31-5)12-20(19)27)13-26-23(28)18-10-17(25)8-7-14(18)2/h7-8,10-12,15-16H,6,9,13H2,1-5H3,(H,26,28). The number of rotatable bonds is 6. The van der Waals surface area contributed by atoms with Crippen LogP contribution >= 0.6 is 11.6 Å². The molecule has 32 heavy (non-hydrogen) atoms. The molecule has 1 heterocycles. The second kappa shape index (κ2) is 10.1. The number of nitrogens with zero attached hydrogens (tertiary/aromatic N) is 1. The summed E-state index contributed by atoms with van der Waals surface area (Å²) in [6, 6.07) is 8.78. The van der Waals surface area contributed by atoms with Crippen LogP contribution in [0, 0.1) is 6.92 Å². The zero-order valence-corrected chi connectivity index (χ0v) is 19.8. The Balaban J connectivity index is 1.93. The number of carbonyl (C=O) groups is 2. The van der Waals surface area contributed by atoms with Gasteiger partial charge in [0.05, 0.1) is 26.5 Å². The van der Waals surface area contributed by atoms with Crippen LogP contribution in [0.15, 0.2) is 30.3 Å². The molecule has 0 radical (unpaired) electrons. The van der Waals surface area contributed by atoms with Crippen LogP contribution in [0.3, 0.4) is 0 Å². The molecule has 7 nitrogen and oxygen atoms in total. The van der Waals surface area contributed by atoms with Gasteiger partial charge in [-0.15, -0.1) is 0 Å². The molecule has 172 valence electrons. The molecule has 0 saturated carbocycles. The fraction of sp³-hybridized carbons (Fsp3) is 0.417. The first-order valence-electron chi connectivity index (χ1n) is 10.6. The Labute approximate surface area is 193 Å². The van der Waals surface area contributed by atoms with Gasteiger partial charge in [-0.3, -0.25) is 9.69 Å². The first-order valence-corrected chi connectivity index (χ1v) is 10.9. The summed E-state index contributed by atoms with van der Waals surface area (Å²) in [5.41, 5.74) is 2.97. The molecule has 0 aliphatic carbocycles. The quantitative estimate of drug-likeness (QED) is 0.661. The van der Waals surface area contributed by atoms with Gasteiger partial charge in [0.15, 0.2) is 11.5 Å². The van der Waals surface area contributed by atoms with Gasteiger partial charge in [0.1, 0.15) is 0 Å². The lowest BCUT2D eigenvalue weighted by atomic mass is 9.85. The van der Waals surface area contributed by atoms with Crippen LogP contribution in [-0.2, 0) is 4.74 Å². The van der Waals surface area contributed by atoms with Crippen molar-refractivity contribution in [3.63, 3.8) is 0 Å². The predicted octanol–water partition coefficient (Wildman–Crippen LogP) is 4.93. The number of fused-ring (bicyclic) bond motifs is 1. The predicted molar refractivity (Wildman–Crippen MR) is 124 cm³/mol. The summed E-state index contributed by atoms with van der Waals surface area (Å²) in [5.74, 6) is 0.861. The minimum Gasteiger partial charge on any atom is -0.493 e. The van der Waals surface area contributed by atoms with E-state index >= 15 is 0 Å². The number of hydrogen-bond donors (Lipinski definition) is 1. The Bertz CT molecular complexity index is 1010. The molecule has 2 unspecified atom stereocenters. The van der Waals surface area contributed by atoms with E-state index < -0.39 is 6.09 Å².